The van der Waals surface area contributed by atoms with Crippen molar-refractivity contribution in [1.82, 2.24) is 14.9 Å². The average Bonchev–Trinajstić information content (AvgIpc) is 3.00. The largest absolute Gasteiger partial charge is 0.497 e. The van der Waals surface area contributed by atoms with Crippen LogP contribution in [0.1, 0.15) is 5.56 Å². The molecule has 0 aliphatic heterocycles. The quantitative estimate of drug-likeness (QED) is 0.538. The number of aromatic amines is 1. The highest BCUT2D eigenvalue weighted by Gasteiger charge is 2.09. The van der Waals surface area contributed by atoms with Gasteiger partial charge in [0.15, 0.2) is 5.82 Å². The van der Waals surface area contributed by atoms with Gasteiger partial charge >= 0.3 is 0 Å². The van der Waals surface area contributed by atoms with E-state index in [-0.39, 0.29) is 0 Å². The second-order valence-corrected chi connectivity index (χ2v) is 5.85. The third-order valence-corrected chi connectivity index (χ3v) is 3.99. The summed E-state index contributed by atoms with van der Waals surface area (Å²) < 4.78 is 12.5. The summed E-state index contributed by atoms with van der Waals surface area (Å²) in [7, 11) is 3.19. The van der Waals surface area contributed by atoms with Crippen molar-refractivity contribution < 1.29 is 9.47 Å². The summed E-state index contributed by atoms with van der Waals surface area (Å²) in [6.45, 7) is 0. The molecule has 0 spiro atoms. The first-order valence-corrected chi connectivity index (χ1v) is 8.10. The van der Waals surface area contributed by atoms with Gasteiger partial charge in [-0.15, -0.1) is 0 Å². The number of hydrogen-bond donors (Lipinski definition) is 1. The van der Waals surface area contributed by atoms with Crippen molar-refractivity contribution in [3.63, 3.8) is 0 Å². The molecule has 6 nitrogen and oxygen atoms in total. The van der Waals surface area contributed by atoms with E-state index < -0.39 is 0 Å². The highest BCUT2D eigenvalue weighted by atomic mass is 35.5. The van der Waals surface area contributed by atoms with Crippen molar-refractivity contribution in [2.75, 3.05) is 14.2 Å². The number of halogens is 1. The predicted octanol–water partition coefficient (Wildman–Crippen LogP) is 4.16. The van der Waals surface area contributed by atoms with Crippen molar-refractivity contribution in [3.05, 3.63) is 57.8 Å². The molecule has 0 aliphatic carbocycles. The highest BCUT2D eigenvalue weighted by molar-refractivity contribution is 7.71. The molecule has 0 saturated heterocycles. The number of hydrogen-bond acceptors (Lipinski definition) is 5. The number of methoxy groups -OCH3 is 2. The maximum atomic E-state index is 6.05. The fourth-order valence-electron chi connectivity index (χ4n) is 2.26. The van der Waals surface area contributed by atoms with Crippen LogP contribution in [0.5, 0.6) is 11.5 Å². The summed E-state index contributed by atoms with van der Waals surface area (Å²) in [4.78, 5) is 0. The molecule has 128 valence electrons. The van der Waals surface area contributed by atoms with Crippen LogP contribution in [-0.2, 0) is 0 Å². The van der Waals surface area contributed by atoms with Crippen LogP contribution in [0.2, 0.25) is 5.02 Å². The van der Waals surface area contributed by atoms with E-state index in [1.54, 1.807) is 38.6 Å². The molecule has 1 heterocycles. The normalized spacial score (nSPS) is 11.0. The first-order chi connectivity index (χ1) is 12.1. The van der Waals surface area contributed by atoms with Crippen LogP contribution in [0.15, 0.2) is 47.6 Å². The lowest BCUT2D eigenvalue weighted by Crippen LogP contribution is -1.97. The first kappa shape index (κ1) is 17.2. The van der Waals surface area contributed by atoms with Gasteiger partial charge in [-0.2, -0.15) is 14.9 Å². The lowest BCUT2D eigenvalue weighted by atomic mass is 10.2. The van der Waals surface area contributed by atoms with E-state index in [2.05, 4.69) is 15.3 Å². The second-order valence-electron chi connectivity index (χ2n) is 5.03. The predicted molar refractivity (Wildman–Crippen MR) is 100 cm³/mol. The van der Waals surface area contributed by atoms with Gasteiger partial charge in [-0.05, 0) is 36.5 Å². The molecule has 0 atom stereocenters. The number of H-pyrrole nitrogens is 1. The number of benzene rings is 2. The van der Waals surface area contributed by atoms with E-state index in [1.807, 2.05) is 24.3 Å². The summed E-state index contributed by atoms with van der Waals surface area (Å²) in [6, 6.07) is 12.8. The summed E-state index contributed by atoms with van der Waals surface area (Å²) >= 11 is 11.3. The zero-order chi connectivity index (χ0) is 17.8. The van der Waals surface area contributed by atoms with Gasteiger partial charge in [0.25, 0.3) is 0 Å². The van der Waals surface area contributed by atoms with Crippen molar-refractivity contribution in [2.45, 2.75) is 0 Å². The van der Waals surface area contributed by atoms with E-state index in [0.29, 0.717) is 27.1 Å². The zero-order valence-corrected chi connectivity index (χ0v) is 15.1. The third-order valence-electron chi connectivity index (χ3n) is 3.49. The number of nitrogens with zero attached hydrogens (tertiary/aromatic N) is 3. The molecular formula is C17H15ClN4O2S. The Kier molecular flexibility index (Phi) is 5.16. The zero-order valence-electron chi connectivity index (χ0n) is 13.6. The Morgan fingerprint density at radius 2 is 2.04 bits per heavy atom. The van der Waals surface area contributed by atoms with Gasteiger partial charge in [0.05, 0.1) is 20.4 Å². The molecular weight excluding hydrogens is 360 g/mol. The van der Waals surface area contributed by atoms with Gasteiger partial charge < -0.3 is 9.47 Å². The van der Waals surface area contributed by atoms with E-state index in [0.717, 1.165) is 11.1 Å². The minimum absolute atomic E-state index is 0.374. The van der Waals surface area contributed by atoms with Crippen LogP contribution in [0.3, 0.4) is 0 Å². The van der Waals surface area contributed by atoms with Crippen molar-refractivity contribution in [3.8, 4) is 22.9 Å². The van der Waals surface area contributed by atoms with Gasteiger partial charge in [-0.1, -0.05) is 23.7 Å². The van der Waals surface area contributed by atoms with Gasteiger partial charge in [-0.25, -0.2) is 5.10 Å². The van der Waals surface area contributed by atoms with Crippen LogP contribution < -0.4 is 9.47 Å². The standard InChI is InChI=1S/C17H15ClN4O2S/c1-23-14-7-6-12(15(9-14)24-2)10-19-22-16(20-21-17(22)25)11-4-3-5-13(18)8-11/h3-10H,1-2H3,(H,21,25)/b19-10-. The molecule has 8 heteroatoms. The topological polar surface area (TPSA) is 64.4 Å². The van der Waals surface area contributed by atoms with Crippen LogP contribution in [0, 0.1) is 4.77 Å². The van der Waals surface area contributed by atoms with E-state index >= 15 is 0 Å². The molecule has 3 rings (SSSR count). The maximum absolute atomic E-state index is 6.05. The monoisotopic (exact) mass is 374 g/mol. The summed E-state index contributed by atoms with van der Waals surface area (Å²) in [5.74, 6) is 1.91. The van der Waals surface area contributed by atoms with Crippen molar-refractivity contribution in [1.29, 1.82) is 0 Å². The van der Waals surface area contributed by atoms with Crippen LogP contribution in [-0.4, -0.2) is 35.3 Å². The van der Waals surface area contributed by atoms with Gasteiger partial charge in [0.1, 0.15) is 11.5 Å². The summed E-state index contributed by atoms with van der Waals surface area (Å²) in [6.07, 6.45) is 1.65. The smallest absolute Gasteiger partial charge is 0.216 e. The molecule has 25 heavy (non-hydrogen) atoms. The Morgan fingerprint density at radius 3 is 2.76 bits per heavy atom. The molecule has 0 radical (unpaired) electrons. The molecule has 1 aromatic heterocycles. The lowest BCUT2D eigenvalue weighted by molar-refractivity contribution is 0.394. The number of ether oxygens (including phenoxy) is 2. The molecule has 1 N–H and O–H groups in total. The number of nitrogens with one attached hydrogen (secondary N) is 1. The van der Waals surface area contributed by atoms with Crippen LogP contribution in [0.25, 0.3) is 11.4 Å². The fourth-order valence-corrected chi connectivity index (χ4v) is 2.63. The molecule has 3 aromatic rings. The highest BCUT2D eigenvalue weighted by Crippen LogP contribution is 2.24. The fraction of sp³-hybridized carbons (Fsp3) is 0.118. The van der Waals surface area contributed by atoms with Gasteiger partial charge in [-0.3, -0.25) is 0 Å². The van der Waals surface area contributed by atoms with Gasteiger partial charge in [0.2, 0.25) is 4.77 Å². The Morgan fingerprint density at radius 1 is 1.20 bits per heavy atom. The van der Waals surface area contributed by atoms with Crippen molar-refractivity contribution in [2.24, 2.45) is 5.10 Å². The van der Waals surface area contributed by atoms with Gasteiger partial charge in [0, 0.05) is 22.2 Å². The minimum Gasteiger partial charge on any atom is -0.497 e. The summed E-state index contributed by atoms with van der Waals surface area (Å²) in [5.41, 5.74) is 1.59. The number of rotatable bonds is 5. The Hall–Kier alpha value is -2.64. The molecule has 0 amide bonds. The van der Waals surface area contributed by atoms with Crippen LogP contribution >= 0.6 is 23.8 Å². The van der Waals surface area contributed by atoms with E-state index in [4.69, 9.17) is 33.3 Å². The molecule has 0 fully saturated rings. The lowest BCUT2D eigenvalue weighted by Gasteiger charge is -2.07. The van der Waals surface area contributed by atoms with E-state index in [1.165, 1.54) is 4.68 Å². The molecule has 0 aliphatic rings. The van der Waals surface area contributed by atoms with E-state index in [9.17, 15) is 0 Å². The molecule has 0 saturated carbocycles. The number of aromatic nitrogens is 3. The second kappa shape index (κ2) is 7.50. The Bertz CT molecular complexity index is 981. The molecule has 2 aromatic carbocycles. The average molecular weight is 375 g/mol. The molecule has 0 bridgehead atoms. The maximum Gasteiger partial charge on any atom is 0.216 e. The summed E-state index contributed by atoms with van der Waals surface area (Å²) in [5, 5.41) is 12.0. The SMILES string of the molecule is COc1ccc(/C=N\n2c(-c3cccc(Cl)c3)n[nH]c2=S)c(OC)c1. The Labute approximate surface area is 154 Å². The minimum atomic E-state index is 0.374. The van der Waals surface area contributed by atoms with Crippen molar-refractivity contribution >= 4 is 30.0 Å². The first-order valence-electron chi connectivity index (χ1n) is 7.32. The third kappa shape index (κ3) is 3.72. The molecule has 0 unspecified atom stereocenters. The van der Waals surface area contributed by atoms with Crippen LogP contribution in [0.4, 0.5) is 0 Å². The Balaban J connectivity index is 2.00.